The number of aliphatic carboxylic acids is 1. The smallest absolute Gasteiger partial charge is 0.303 e. The first-order valence-corrected chi connectivity index (χ1v) is 4.68. The molecule has 0 radical (unpaired) electrons. The van der Waals surface area contributed by atoms with E-state index >= 15 is 0 Å². The lowest BCUT2D eigenvalue weighted by atomic mass is 10.1. The van der Waals surface area contributed by atoms with E-state index in [0.717, 1.165) is 0 Å². The Kier molecular flexibility index (Phi) is 5.87. The second-order valence-electron chi connectivity index (χ2n) is 3.57. The standard InChI is InChI=1S/C9H18N2O3/c1-6(3-4-8(12)13)5-11-9(14)7(2)10/h6-7H,3-5,10H2,1-2H3,(H,11,14)(H,12,13)/t6?,7-/m1/s1. The fourth-order valence-corrected chi connectivity index (χ4v) is 0.908. The Morgan fingerprint density at radius 2 is 2.00 bits per heavy atom. The molecule has 0 heterocycles. The molecule has 1 unspecified atom stereocenters. The van der Waals surface area contributed by atoms with E-state index in [1.165, 1.54) is 0 Å². The number of carboxylic acid groups (broad SMARTS) is 1. The maximum Gasteiger partial charge on any atom is 0.303 e. The minimum Gasteiger partial charge on any atom is -0.481 e. The molecular weight excluding hydrogens is 184 g/mol. The van der Waals surface area contributed by atoms with Crippen LogP contribution in [0, 0.1) is 5.92 Å². The predicted octanol–water partition coefficient (Wildman–Crippen LogP) is -0.0493. The van der Waals surface area contributed by atoms with Gasteiger partial charge in [-0.15, -0.1) is 0 Å². The summed E-state index contributed by atoms with van der Waals surface area (Å²) >= 11 is 0. The van der Waals surface area contributed by atoms with Gasteiger partial charge in [-0.05, 0) is 19.3 Å². The van der Waals surface area contributed by atoms with Crippen LogP contribution in [0.15, 0.2) is 0 Å². The third kappa shape index (κ3) is 6.42. The number of nitrogens with one attached hydrogen (secondary N) is 1. The zero-order chi connectivity index (χ0) is 11.1. The summed E-state index contributed by atoms with van der Waals surface area (Å²) in [5, 5.41) is 11.1. The number of carbonyl (C=O) groups is 2. The van der Waals surface area contributed by atoms with Crippen molar-refractivity contribution in [1.29, 1.82) is 0 Å². The third-order valence-electron chi connectivity index (χ3n) is 1.89. The summed E-state index contributed by atoms with van der Waals surface area (Å²) in [6.07, 6.45) is 0.698. The second kappa shape index (κ2) is 6.37. The first kappa shape index (κ1) is 12.9. The Morgan fingerprint density at radius 3 is 2.43 bits per heavy atom. The van der Waals surface area contributed by atoms with E-state index in [1.807, 2.05) is 6.92 Å². The van der Waals surface area contributed by atoms with Crippen LogP contribution in [0.4, 0.5) is 0 Å². The molecule has 0 saturated carbocycles. The van der Waals surface area contributed by atoms with Gasteiger partial charge in [0, 0.05) is 13.0 Å². The minimum absolute atomic E-state index is 0.134. The zero-order valence-corrected chi connectivity index (χ0v) is 8.62. The van der Waals surface area contributed by atoms with Crippen LogP contribution in [0.3, 0.4) is 0 Å². The fourth-order valence-electron chi connectivity index (χ4n) is 0.908. The van der Waals surface area contributed by atoms with Crippen molar-refractivity contribution in [3.63, 3.8) is 0 Å². The minimum atomic E-state index is -0.810. The number of rotatable bonds is 6. The topological polar surface area (TPSA) is 92.4 Å². The van der Waals surface area contributed by atoms with Gasteiger partial charge in [-0.25, -0.2) is 0 Å². The number of amides is 1. The molecule has 14 heavy (non-hydrogen) atoms. The highest BCUT2D eigenvalue weighted by molar-refractivity contribution is 5.80. The van der Waals surface area contributed by atoms with E-state index in [2.05, 4.69) is 5.32 Å². The molecule has 1 amide bonds. The predicted molar refractivity (Wildman–Crippen MR) is 52.7 cm³/mol. The van der Waals surface area contributed by atoms with Gasteiger partial charge < -0.3 is 16.2 Å². The van der Waals surface area contributed by atoms with Gasteiger partial charge in [-0.2, -0.15) is 0 Å². The van der Waals surface area contributed by atoms with Gasteiger partial charge in [0.15, 0.2) is 0 Å². The molecule has 0 spiro atoms. The van der Waals surface area contributed by atoms with E-state index in [9.17, 15) is 9.59 Å². The number of hydrogen-bond acceptors (Lipinski definition) is 3. The van der Waals surface area contributed by atoms with Crippen LogP contribution in [0.2, 0.25) is 0 Å². The van der Waals surface area contributed by atoms with Gasteiger partial charge >= 0.3 is 5.97 Å². The Morgan fingerprint density at radius 1 is 1.43 bits per heavy atom. The molecule has 0 aliphatic heterocycles. The summed E-state index contributed by atoms with van der Waals surface area (Å²) < 4.78 is 0. The number of nitrogens with two attached hydrogens (primary N) is 1. The van der Waals surface area contributed by atoms with Crippen LogP contribution >= 0.6 is 0 Å². The van der Waals surface area contributed by atoms with Crippen molar-refractivity contribution in [3.05, 3.63) is 0 Å². The molecule has 0 saturated heterocycles. The maximum atomic E-state index is 11.0. The Hall–Kier alpha value is -1.10. The molecule has 0 aliphatic carbocycles. The van der Waals surface area contributed by atoms with E-state index < -0.39 is 12.0 Å². The largest absolute Gasteiger partial charge is 0.481 e. The van der Waals surface area contributed by atoms with E-state index in [-0.39, 0.29) is 18.2 Å². The van der Waals surface area contributed by atoms with Gasteiger partial charge in [0.1, 0.15) is 0 Å². The molecule has 5 nitrogen and oxygen atoms in total. The summed E-state index contributed by atoms with van der Waals surface area (Å²) in [6.45, 7) is 3.98. The van der Waals surface area contributed by atoms with Crippen LogP contribution in [-0.4, -0.2) is 29.6 Å². The lowest BCUT2D eigenvalue weighted by molar-refractivity contribution is -0.137. The molecule has 5 heteroatoms. The average Bonchev–Trinajstić information content (AvgIpc) is 2.10. The lowest BCUT2D eigenvalue weighted by Crippen LogP contribution is -2.40. The molecule has 82 valence electrons. The SMILES string of the molecule is CC(CCC(=O)O)CNC(=O)[C@@H](C)N. The summed E-state index contributed by atoms with van der Waals surface area (Å²) in [5.74, 6) is -0.851. The third-order valence-corrected chi connectivity index (χ3v) is 1.89. The highest BCUT2D eigenvalue weighted by Crippen LogP contribution is 2.03. The number of hydrogen-bond donors (Lipinski definition) is 3. The molecule has 0 aromatic rings. The van der Waals surface area contributed by atoms with Gasteiger partial charge in [0.2, 0.25) is 5.91 Å². The van der Waals surface area contributed by atoms with Gasteiger partial charge in [0.05, 0.1) is 6.04 Å². The normalized spacial score (nSPS) is 14.5. The monoisotopic (exact) mass is 202 g/mol. The van der Waals surface area contributed by atoms with E-state index in [0.29, 0.717) is 13.0 Å². The highest BCUT2D eigenvalue weighted by Gasteiger charge is 2.09. The molecule has 0 aliphatic rings. The van der Waals surface area contributed by atoms with Crippen molar-refractivity contribution in [2.24, 2.45) is 11.7 Å². The second-order valence-corrected chi connectivity index (χ2v) is 3.57. The Labute approximate surface area is 83.7 Å². The quantitative estimate of drug-likeness (QED) is 0.563. The number of carboxylic acids is 1. The van der Waals surface area contributed by atoms with Crippen LogP contribution in [0.5, 0.6) is 0 Å². The van der Waals surface area contributed by atoms with Crippen molar-refractivity contribution in [3.8, 4) is 0 Å². The van der Waals surface area contributed by atoms with Crippen molar-refractivity contribution in [1.82, 2.24) is 5.32 Å². The molecule has 4 N–H and O–H groups in total. The van der Waals surface area contributed by atoms with E-state index in [1.54, 1.807) is 6.92 Å². The van der Waals surface area contributed by atoms with Crippen LogP contribution in [-0.2, 0) is 9.59 Å². The summed E-state index contributed by atoms with van der Waals surface area (Å²) in [6, 6.07) is -0.512. The Balaban J connectivity index is 3.58. The zero-order valence-electron chi connectivity index (χ0n) is 8.62. The first-order valence-electron chi connectivity index (χ1n) is 4.68. The lowest BCUT2D eigenvalue weighted by Gasteiger charge is -2.12. The van der Waals surface area contributed by atoms with Crippen molar-refractivity contribution >= 4 is 11.9 Å². The molecule has 0 fully saturated rings. The molecule has 0 rings (SSSR count). The summed E-state index contributed by atoms with van der Waals surface area (Å²) in [7, 11) is 0. The number of carbonyl (C=O) groups excluding carboxylic acids is 1. The van der Waals surface area contributed by atoms with Crippen LogP contribution in [0.1, 0.15) is 26.7 Å². The molecular formula is C9H18N2O3. The first-order chi connectivity index (χ1) is 6.43. The van der Waals surface area contributed by atoms with Crippen LogP contribution < -0.4 is 11.1 Å². The van der Waals surface area contributed by atoms with Crippen molar-refractivity contribution in [2.75, 3.05) is 6.54 Å². The summed E-state index contributed by atoms with van der Waals surface area (Å²) in [4.78, 5) is 21.3. The van der Waals surface area contributed by atoms with Crippen molar-refractivity contribution < 1.29 is 14.7 Å². The average molecular weight is 202 g/mol. The van der Waals surface area contributed by atoms with Gasteiger partial charge in [-0.1, -0.05) is 6.92 Å². The molecule has 0 aromatic heterocycles. The molecule has 2 atom stereocenters. The maximum absolute atomic E-state index is 11.0. The Bertz CT molecular complexity index is 204. The van der Waals surface area contributed by atoms with Gasteiger partial charge in [0.25, 0.3) is 0 Å². The van der Waals surface area contributed by atoms with Gasteiger partial charge in [-0.3, -0.25) is 9.59 Å². The van der Waals surface area contributed by atoms with Crippen LogP contribution in [0.25, 0.3) is 0 Å². The molecule has 0 aromatic carbocycles. The molecule has 0 bridgehead atoms. The fraction of sp³-hybridized carbons (Fsp3) is 0.778. The van der Waals surface area contributed by atoms with Crippen molar-refractivity contribution in [2.45, 2.75) is 32.7 Å². The summed E-state index contributed by atoms with van der Waals surface area (Å²) in [5.41, 5.74) is 5.34. The highest BCUT2D eigenvalue weighted by atomic mass is 16.4. The van der Waals surface area contributed by atoms with E-state index in [4.69, 9.17) is 10.8 Å².